The Morgan fingerprint density at radius 2 is 1.96 bits per heavy atom. The summed E-state index contributed by atoms with van der Waals surface area (Å²) >= 11 is 0. The van der Waals surface area contributed by atoms with Crippen molar-refractivity contribution < 1.29 is 58.8 Å². The lowest BCUT2D eigenvalue weighted by Crippen LogP contribution is -2.85. The summed E-state index contributed by atoms with van der Waals surface area (Å²) in [7, 11) is 3.11. The highest BCUT2D eigenvalue weighted by Crippen LogP contribution is 2.60. The van der Waals surface area contributed by atoms with Gasteiger partial charge in [0.25, 0.3) is 0 Å². The molecule has 0 spiro atoms. The fourth-order valence-corrected chi connectivity index (χ4v) is 13.1. The Morgan fingerprint density at radius 1 is 1.15 bits per heavy atom. The third kappa shape index (κ3) is 6.87. The minimum absolute atomic E-state index is 0.00444. The number of hydrogen-bond acceptors (Lipinski definition) is 15. The number of rotatable bonds is 7. The first-order valence-corrected chi connectivity index (χ1v) is 21.7. The monoisotopic (exact) mass is 793 g/mol. The maximum atomic E-state index is 13.0. The minimum atomic E-state index is -2.42. The van der Waals surface area contributed by atoms with Crippen molar-refractivity contribution in [3.63, 3.8) is 0 Å². The SMILES string of the molecule is CCOC(=O)CCc1cc2ccoc2c2c1O[C@@H]1O[C@@](CO)(CSS[C@H]3CC[C@H](C(C)C)C[C@@H]3NCCO2)[C@]2(O)C[C@@H]3C=C[C@@H](O)[C@@H](CO)[C@H]3[C@@]1(O)[C@H]2O. The molecule has 2 aromatic rings. The highest BCUT2D eigenvalue weighted by atomic mass is 33.1. The van der Waals surface area contributed by atoms with Crippen LogP contribution >= 0.6 is 21.6 Å². The summed E-state index contributed by atoms with van der Waals surface area (Å²) in [6.07, 6.45) is 2.91. The molecule has 4 bridgehead atoms. The van der Waals surface area contributed by atoms with Gasteiger partial charge in [-0.2, -0.15) is 0 Å². The summed E-state index contributed by atoms with van der Waals surface area (Å²) in [4.78, 5) is 12.6. The average molecular weight is 794 g/mol. The van der Waals surface area contributed by atoms with Gasteiger partial charge in [-0.1, -0.05) is 47.6 Å². The number of esters is 1. The summed E-state index contributed by atoms with van der Waals surface area (Å²) < 4.78 is 31.2. The van der Waals surface area contributed by atoms with Gasteiger partial charge in [0, 0.05) is 53.8 Å². The molecule has 0 radical (unpaired) electrons. The second-order valence-corrected chi connectivity index (χ2v) is 18.6. The zero-order valence-electron chi connectivity index (χ0n) is 31.1. The van der Waals surface area contributed by atoms with Crippen LogP contribution in [-0.2, 0) is 20.7 Å². The van der Waals surface area contributed by atoms with Crippen molar-refractivity contribution in [3.8, 4) is 11.5 Å². The molecule has 5 aliphatic rings. The van der Waals surface area contributed by atoms with Crippen molar-refractivity contribution in [2.75, 3.05) is 38.7 Å². The molecule has 1 aromatic carbocycles. The predicted octanol–water partition coefficient (Wildman–Crippen LogP) is 2.95. The fraction of sp³-hybridized carbons (Fsp3) is 0.718. The summed E-state index contributed by atoms with van der Waals surface area (Å²) in [5.74, 6) is -1.65. The number of carbonyl (C=O) groups is 1. The Morgan fingerprint density at radius 3 is 2.70 bits per heavy atom. The van der Waals surface area contributed by atoms with Crippen LogP contribution in [0.5, 0.6) is 11.5 Å². The first-order chi connectivity index (χ1) is 25.9. The van der Waals surface area contributed by atoms with Gasteiger partial charge in [0.15, 0.2) is 16.9 Å². The molecule has 0 amide bonds. The average Bonchev–Trinajstić information content (AvgIpc) is 3.62. The quantitative estimate of drug-likeness (QED) is 0.123. The third-order valence-corrected chi connectivity index (χ3v) is 15.8. The Labute approximate surface area is 323 Å². The van der Waals surface area contributed by atoms with E-state index >= 15 is 0 Å². The number of aliphatic hydroxyl groups excluding tert-OH is 4. The second kappa shape index (κ2) is 16.1. The number of hydrogen-bond donors (Lipinski definition) is 7. The summed E-state index contributed by atoms with van der Waals surface area (Å²) in [6, 6.07) is 3.72. The second-order valence-electron chi connectivity index (χ2n) is 16.0. The van der Waals surface area contributed by atoms with Crippen molar-refractivity contribution in [1.82, 2.24) is 5.32 Å². The van der Waals surface area contributed by atoms with E-state index in [4.69, 9.17) is 23.4 Å². The molecule has 300 valence electrons. The van der Waals surface area contributed by atoms with Crippen molar-refractivity contribution in [1.29, 1.82) is 0 Å². The lowest BCUT2D eigenvalue weighted by molar-refractivity contribution is -0.416. The Hall–Kier alpha value is -2.05. The van der Waals surface area contributed by atoms with Crippen molar-refractivity contribution in [3.05, 3.63) is 36.1 Å². The molecule has 1 saturated heterocycles. The molecule has 3 heterocycles. The van der Waals surface area contributed by atoms with E-state index in [9.17, 15) is 35.4 Å². The normalized spacial score (nSPS) is 39.6. The predicted molar refractivity (Wildman–Crippen MR) is 203 cm³/mol. The highest BCUT2D eigenvalue weighted by Gasteiger charge is 2.76. The van der Waals surface area contributed by atoms with Crippen molar-refractivity contribution >= 4 is 38.5 Å². The van der Waals surface area contributed by atoms with Gasteiger partial charge in [-0.3, -0.25) is 4.79 Å². The zero-order valence-corrected chi connectivity index (χ0v) is 32.7. The molecule has 7 rings (SSSR count). The van der Waals surface area contributed by atoms with Crippen molar-refractivity contribution in [2.45, 2.75) is 106 Å². The van der Waals surface area contributed by atoms with Gasteiger partial charge in [-0.25, -0.2) is 0 Å². The van der Waals surface area contributed by atoms with E-state index < -0.39 is 72.2 Å². The molecule has 2 aliphatic heterocycles. The van der Waals surface area contributed by atoms with Gasteiger partial charge in [0.05, 0.1) is 25.6 Å². The molecule has 3 fully saturated rings. The van der Waals surface area contributed by atoms with Gasteiger partial charge < -0.3 is 59.3 Å². The van der Waals surface area contributed by atoms with E-state index in [0.717, 1.165) is 19.3 Å². The maximum absolute atomic E-state index is 13.0. The van der Waals surface area contributed by atoms with E-state index in [-0.39, 0.29) is 61.0 Å². The largest absolute Gasteiger partial charge is 0.485 e. The number of fused-ring (bicyclic) bond motifs is 12. The number of furan rings is 1. The topological polar surface area (TPSA) is 201 Å². The number of aryl methyl sites for hydroxylation is 1. The smallest absolute Gasteiger partial charge is 0.306 e. The zero-order chi connectivity index (χ0) is 38.4. The third-order valence-electron chi connectivity index (χ3n) is 12.7. The number of aliphatic hydroxyl groups is 6. The van der Waals surface area contributed by atoms with Gasteiger partial charge >= 0.3 is 5.97 Å². The first kappa shape index (κ1) is 40.2. The lowest BCUT2D eigenvalue weighted by atomic mass is 9.51. The van der Waals surface area contributed by atoms with Crippen LogP contribution in [0.4, 0.5) is 0 Å². The Balaban J connectivity index is 1.38. The first-order valence-electron chi connectivity index (χ1n) is 19.3. The van der Waals surface area contributed by atoms with Crippen LogP contribution in [0.15, 0.2) is 35.0 Å². The van der Waals surface area contributed by atoms with Crippen LogP contribution in [0.3, 0.4) is 0 Å². The Kier molecular flexibility index (Phi) is 11.9. The van der Waals surface area contributed by atoms with E-state index in [2.05, 4.69) is 19.2 Å². The molecule has 54 heavy (non-hydrogen) atoms. The maximum Gasteiger partial charge on any atom is 0.306 e. The molecule has 15 heteroatoms. The number of allylic oxidation sites excluding steroid dienone is 1. The number of benzene rings is 1. The van der Waals surface area contributed by atoms with Crippen LogP contribution < -0.4 is 14.8 Å². The fourth-order valence-electron chi connectivity index (χ4n) is 9.67. The molecule has 13 nitrogen and oxygen atoms in total. The standard InChI is InChI=1S/C39H55NO12S2/c1-4-48-30(44)10-7-23-15-24-11-13-49-32(24)34-33(23)51-36-39(47)31-25(5-8-28(43)26(31)18-41)17-38(46,35(39)45)37(19-42,52-36)20-53-54-29-9-6-22(21(2)3)16-27(29)40-12-14-50-34/h5,8,11,13,15,21-22,25-29,31,35-36,40-43,45-47H,4,6-7,9-10,12,14,16-20H2,1-3H3/t22-,25-,26+,27-,28+,29-,31-,35-,36+,37-,38-,39+/m0/s1. The molecular weight excluding hydrogens is 739 g/mol. The molecular formula is C39H55NO12S2. The van der Waals surface area contributed by atoms with E-state index in [1.807, 2.05) is 0 Å². The van der Waals surface area contributed by atoms with Crippen LogP contribution in [0.1, 0.15) is 58.4 Å². The van der Waals surface area contributed by atoms with Crippen LogP contribution in [0.2, 0.25) is 0 Å². The molecule has 3 aliphatic carbocycles. The van der Waals surface area contributed by atoms with Crippen LogP contribution in [0.25, 0.3) is 11.0 Å². The number of nitrogens with one attached hydrogen (secondary N) is 1. The summed E-state index contributed by atoms with van der Waals surface area (Å²) in [6.45, 7) is 5.91. The van der Waals surface area contributed by atoms with Crippen molar-refractivity contribution in [2.24, 2.45) is 29.6 Å². The van der Waals surface area contributed by atoms with Crippen LogP contribution in [0, 0.1) is 29.6 Å². The van der Waals surface area contributed by atoms with Gasteiger partial charge in [0.2, 0.25) is 12.0 Å². The van der Waals surface area contributed by atoms with Gasteiger partial charge in [0.1, 0.15) is 23.9 Å². The molecule has 2 saturated carbocycles. The van der Waals surface area contributed by atoms with Gasteiger partial charge in [-0.05, 0) is 74.5 Å². The Bertz CT molecular complexity index is 1670. The van der Waals surface area contributed by atoms with Crippen LogP contribution in [-0.4, -0.2) is 122 Å². The van der Waals surface area contributed by atoms with E-state index in [1.165, 1.54) is 23.1 Å². The number of ether oxygens (including phenoxy) is 4. The summed E-state index contributed by atoms with van der Waals surface area (Å²) in [5.41, 5.74) is -5.56. The minimum Gasteiger partial charge on any atom is -0.485 e. The lowest BCUT2D eigenvalue weighted by Gasteiger charge is -2.66. The molecule has 12 atom stereocenters. The molecule has 0 unspecified atom stereocenters. The van der Waals surface area contributed by atoms with Gasteiger partial charge in [-0.15, -0.1) is 0 Å². The van der Waals surface area contributed by atoms with E-state index in [0.29, 0.717) is 34.9 Å². The highest BCUT2D eigenvalue weighted by molar-refractivity contribution is 8.77. The molecule has 7 N–H and O–H groups in total. The van der Waals surface area contributed by atoms with E-state index in [1.54, 1.807) is 35.9 Å². The number of carbonyl (C=O) groups excluding carboxylic acids is 1. The molecule has 1 aromatic heterocycles. The summed E-state index contributed by atoms with van der Waals surface area (Å²) in [5, 5.41) is 75.5.